The molecule has 2 aromatic carbocycles. The molecule has 2 unspecified atom stereocenters. The smallest absolute Gasteiger partial charge is 0.409 e. The number of ether oxygens (including phenoxy) is 1. The number of benzene rings is 2. The molecule has 0 spiro atoms. The summed E-state index contributed by atoms with van der Waals surface area (Å²) in [5.74, 6) is -2.51. The maximum absolute atomic E-state index is 13.5. The second kappa shape index (κ2) is 23.1. The first-order chi connectivity index (χ1) is 30.6. The van der Waals surface area contributed by atoms with Crippen LogP contribution in [0, 0.1) is 12.8 Å². The summed E-state index contributed by atoms with van der Waals surface area (Å²) in [6, 6.07) is 7.21. The van der Waals surface area contributed by atoms with Crippen LogP contribution in [0.1, 0.15) is 62.9 Å². The van der Waals surface area contributed by atoms with E-state index in [0.717, 1.165) is 30.3 Å². The summed E-state index contributed by atoms with van der Waals surface area (Å²) in [5, 5.41) is 17.6. The number of rotatable bonds is 22. The number of fused-ring (bicyclic) bond motifs is 3. The largest absolute Gasteiger partial charge is 0.445 e. The van der Waals surface area contributed by atoms with Crippen molar-refractivity contribution in [3.05, 3.63) is 59.1 Å². The zero-order valence-electron chi connectivity index (χ0n) is 36.0. The maximum Gasteiger partial charge on any atom is 0.409 e. The average Bonchev–Trinajstić information content (AvgIpc) is 3.94. The number of anilines is 2. The number of hydrogen-bond donors (Lipinski definition) is 7. The summed E-state index contributed by atoms with van der Waals surface area (Å²) in [7, 11) is 1.54. The number of carbonyl (C=O) groups excluding carboxylic acids is 8. The first-order valence-electron chi connectivity index (χ1n) is 20.7. The molecule has 64 heavy (non-hydrogen) atoms. The van der Waals surface area contributed by atoms with Crippen molar-refractivity contribution < 1.29 is 43.1 Å². The number of imide groups is 1. The van der Waals surface area contributed by atoms with Crippen molar-refractivity contribution in [2.24, 2.45) is 11.7 Å². The zero-order valence-corrected chi connectivity index (χ0v) is 37.6. The molecule has 2 aromatic heterocycles. The van der Waals surface area contributed by atoms with Crippen LogP contribution < -0.4 is 37.6 Å². The minimum Gasteiger partial charge on any atom is -0.445 e. The van der Waals surface area contributed by atoms with Crippen molar-refractivity contribution in [3.8, 4) is 0 Å². The van der Waals surface area contributed by atoms with Crippen LogP contribution in [-0.4, -0.2) is 113 Å². The second-order valence-corrected chi connectivity index (χ2v) is 17.5. The SMILES string of the molecule is Cc1nc2c(ccc3nc(NC(=O)NCCN(C)C(=O)OCc4ccc(NC(=O)C(CCCNC(N)=O)NC(=O)C(NC(=O)CCCCCN5C(=O)C=CC5=O)C(C)C)cc4)sc32)s1. The molecule has 4 aromatic rings. The molecular weight excluding hydrogens is 867 g/mol. The Morgan fingerprint density at radius 1 is 0.844 bits per heavy atom. The minimum atomic E-state index is -1.05. The van der Waals surface area contributed by atoms with E-state index in [1.807, 2.05) is 19.1 Å². The van der Waals surface area contributed by atoms with E-state index in [1.165, 1.54) is 28.4 Å². The summed E-state index contributed by atoms with van der Waals surface area (Å²) < 4.78 is 7.38. The lowest BCUT2D eigenvalue weighted by atomic mass is 10.0. The van der Waals surface area contributed by atoms with Crippen LogP contribution in [0.15, 0.2) is 48.6 Å². The molecule has 0 aliphatic carbocycles. The third-order valence-electron chi connectivity index (χ3n) is 9.92. The lowest BCUT2D eigenvalue weighted by molar-refractivity contribution is -0.137. The lowest BCUT2D eigenvalue weighted by Crippen LogP contribution is -2.54. The van der Waals surface area contributed by atoms with Crippen LogP contribution in [-0.2, 0) is 35.3 Å². The van der Waals surface area contributed by atoms with Gasteiger partial charge in [0.1, 0.15) is 24.2 Å². The Labute approximate surface area is 377 Å². The highest BCUT2D eigenvalue weighted by Gasteiger charge is 2.29. The summed E-state index contributed by atoms with van der Waals surface area (Å²) in [5.41, 5.74) is 7.81. The number of nitrogens with zero attached hydrogens (tertiary/aromatic N) is 4. The Morgan fingerprint density at radius 3 is 2.28 bits per heavy atom. The van der Waals surface area contributed by atoms with Gasteiger partial charge in [-0.15, -0.1) is 11.3 Å². The van der Waals surface area contributed by atoms with Crippen LogP contribution in [0.5, 0.6) is 0 Å². The van der Waals surface area contributed by atoms with Gasteiger partial charge in [0.25, 0.3) is 11.8 Å². The topological polar surface area (TPSA) is 276 Å². The summed E-state index contributed by atoms with van der Waals surface area (Å²) in [4.78, 5) is 111. The van der Waals surface area contributed by atoms with Crippen molar-refractivity contribution in [3.63, 3.8) is 0 Å². The number of nitrogens with two attached hydrogens (primary N) is 1. The van der Waals surface area contributed by atoms with Crippen LogP contribution in [0.2, 0.25) is 0 Å². The highest BCUT2D eigenvalue weighted by atomic mass is 32.1. The number of aromatic nitrogens is 2. The van der Waals surface area contributed by atoms with Gasteiger partial charge in [0.2, 0.25) is 17.7 Å². The van der Waals surface area contributed by atoms with Crippen molar-refractivity contribution in [1.82, 2.24) is 41.0 Å². The van der Waals surface area contributed by atoms with Crippen molar-refractivity contribution in [2.75, 3.05) is 43.9 Å². The number of aryl methyl sites for hydroxylation is 1. The van der Waals surface area contributed by atoms with E-state index in [9.17, 15) is 38.4 Å². The first-order valence-corrected chi connectivity index (χ1v) is 22.4. The number of carbonyl (C=O) groups is 8. The number of urea groups is 2. The Bertz CT molecular complexity index is 2360. The predicted molar refractivity (Wildman–Crippen MR) is 242 cm³/mol. The van der Waals surface area contributed by atoms with Gasteiger partial charge >= 0.3 is 18.2 Å². The van der Waals surface area contributed by atoms with Crippen LogP contribution in [0.3, 0.4) is 0 Å². The lowest BCUT2D eigenvalue weighted by Gasteiger charge is -2.25. The first kappa shape index (κ1) is 48.4. The standard InChI is InChI=1S/C42H53N11O9S2/c1-24(2)34(50-31(54)10-6-5-7-21-53-32(55)17-18-33(53)56)38(58)48-29(9-8-19-44-39(43)59)37(57)47-27-13-11-26(12-14-27)23-62-42(61)52(4)22-20-45-40(60)51-41-49-28-15-16-30-35(36(28)64-41)46-25(3)63-30/h11-18,24,29,34H,5-10,19-23H2,1-4H3,(H,47,57)(H,48,58)(H,50,54)(H3,43,44,59)(H2,45,49,51,60). The minimum absolute atomic E-state index is 0.0686. The van der Waals surface area contributed by atoms with Crippen molar-refractivity contribution >= 4 is 102 Å². The van der Waals surface area contributed by atoms with E-state index in [4.69, 9.17) is 10.5 Å². The number of thiazole rings is 2. The molecule has 3 heterocycles. The van der Waals surface area contributed by atoms with Gasteiger partial charge < -0.3 is 42.0 Å². The predicted octanol–water partition coefficient (Wildman–Crippen LogP) is 4.10. The summed E-state index contributed by atoms with van der Waals surface area (Å²) in [6.07, 6.45) is 3.97. The average molecular weight is 920 g/mol. The summed E-state index contributed by atoms with van der Waals surface area (Å²) >= 11 is 2.93. The molecule has 342 valence electrons. The molecular formula is C42H53N11O9S2. The molecule has 22 heteroatoms. The highest BCUT2D eigenvalue weighted by Crippen LogP contribution is 2.34. The van der Waals surface area contributed by atoms with Gasteiger partial charge in [0.05, 0.1) is 19.9 Å². The van der Waals surface area contributed by atoms with Gasteiger partial charge in [-0.05, 0) is 68.4 Å². The third-order valence-corrected chi connectivity index (χ3v) is 11.9. The number of likely N-dealkylation sites (N-methyl/N-ethyl adjacent to an activating group) is 1. The molecule has 20 nitrogen and oxygen atoms in total. The molecule has 0 radical (unpaired) electrons. The Balaban J connectivity index is 1.04. The molecule has 2 atom stereocenters. The molecule has 1 aliphatic rings. The Hall–Kier alpha value is -6.68. The molecule has 0 saturated heterocycles. The Kier molecular flexibility index (Phi) is 17.5. The van der Waals surface area contributed by atoms with Crippen LogP contribution in [0.4, 0.5) is 25.2 Å². The normalized spacial score (nSPS) is 13.2. The van der Waals surface area contributed by atoms with E-state index in [0.29, 0.717) is 42.1 Å². The van der Waals surface area contributed by atoms with E-state index >= 15 is 0 Å². The van der Waals surface area contributed by atoms with E-state index in [-0.39, 0.29) is 69.3 Å². The monoisotopic (exact) mass is 919 g/mol. The fourth-order valence-corrected chi connectivity index (χ4v) is 8.34. The van der Waals surface area contributed by atoms with E-state index in [2.05, 4.69) is 41.9 Å². The van der Waals surface area contributed by atoms with Gasteiger partial charge in [-0.3, -0.25) is 34.2 Å². The number of nitrogens with one attached hydrogen (secondary N) is 6. The van der Waals surface area contributed by atoms with Crippen molar-refractivity contribution in [2.45, 2.75) is 78.0 Å². The third kappa shape index (κ3) is 14.2. The molecule has 5 rings (SSSR count). The molecule has 0 bridgehead atoms. The molecule has 10 amide bonds. The van der Waals surface area contributed by atoms with Gasteiger partial charge in [-0.25, -0.2) is 24.4 Å². The van der Waals surface area contributed by atoms with Gasteiger partial charge in [-0.2, -0.15) is 0 Å². The van der Waals surface area contributed by atoms with E-state index in [1.54, 1.807) is 56.5 Å². The molecule has 0 fully saturated rings. The fraction of sp³-hybridized carbons (Fsp3) is 0.429. The summed E-state index contributed by atoms with van der Waals surface area (Å²) in [6.45, 7) is 6.13. The van der Waals surface area contributed by atoms with Gasteiger partial charge in [0, 0.05) is 57.5 Å². The Morgan fingerprint density at radius 2 is 1.58 bits per heavy atom. The number of unbranched alkanes of at least 4 members (excludes halogenated alkanes) is 2. The van der Waals surface area contributed by atoms with Gasteiger partial charge in [-0.1, -0.05) is 43.7 Å². The number of hydrogen-bond acceptors (Lipinski definition) is 13. The van der Waals surface area contributed by atoms with Crippen LogP contribution in [0.25, 0.3) is 20.4 Å². The fourth-order valence-electron chi connectivity index (χ4n) is 6.49. The van der Waals surface area contributed by atoms with Crippen molar-refractivity contribution in [1.29, 1.82) is 0 Å². The molecule has 8 N–H and O–H groups in total. The quantitative estimate of drug-likeness (QED) is 0.0435. The van der Waals surface area contributed by atoms with Crippen LogP contribution >= 0.6 is 22.7 Å². The number of primary amides is 1. The molecule has 0 saturated carbocycles. The van der Waals surface area contributed by atoms with Gasteiger partial charge in [0.15, 0.2) is 5.13 Å². The maximum atomic E-state index is 13.5. The highest BCUT2D eigenvalue weighted by molar-refractivity contribution is 7.24. The zero-order chi connectivity index (χ0) is 46.3. The molecule has 1 aliphatic heterocycles. The second-order valence-electron chi connectivity index (χ2n) is 15.3. The number of amides is 10. The van der Waals surface area contributed by atoms with E-state index < -0.39 is 42.1 Å².